The number of ether oxygens (including phenoxy) is 3. The maximum Gasteiger partial charge on any atom is 0.198 e. The van der Waals surface area contributed by atoms with Crippen molar-refractivity contribution < 1.29 is 14.2 Å². The first-order chi connectivity index (χ1) is 14.5. The van der Waals surface area contributed by atoms with Gasteiger partial charge in [0.25, 0.3) is 0 Å². The van der Waals surface area contributed by atoms with Crippen LogP contribution in [0, 0.1) is 0 Å². The molecule has 0 unspecified atom stereocenters. The summed E-state index contributed by atoms with van der Waals surface area (Å²) in [5.74, 6) is 2.67. The fraction of sp³-hybridized carbons (Fsp3) is 0.130. The number of rotatable bonds is 6. The average Bonchev–Trinajstić information content (AvgIpc) is 3.11. The number of hydrogen-bond donors (Lipinski definition) is 1. The lowest BCUT2D eigenvalue weighted by molar-refractivity contribution is 0.267. The van der Waals surface area contributed by atoms with Gasteiger partial charge in [0.1, 0.15) is 6.61 Å². The Hall–Kier alpha value is -2.34. The van der Waals surface area contributed by atoms with Crippen LogP contribution in [0.25, 0.3) is 6.08 Å². The summed E-state index contributed by atoms with van der Waals surface area (Å²) in [5.41, 5.74) is 2.67. The molecule has 1 aliphatic heterocycles. The Morgan fingerprint density at radius 3 is 2.67 bits per heavy atom. The Morgan fingerprint density at radius 1 is 1.07 bits per heavy atom. The quantitative estimate of drug-likeness (QED) is 0.375. The first-order valence-corrected chi connectivity index (χ1v) is 10.9. The molecule has 30 heavy (non-hydrogen) atoms. The number of hydrogen-bond acceptors (Lipinski definition) is 4. The smallest absolute Gasteiger partial charge is 0.198 e. The van der Waals surface area contributed by atoms with Crippen molar-refractivity contribution in [3.8, 4) is 17.2 Å². The molecule has 0 atom stereocenters. The molecule has 1 heterocycles. The summed E-state index contributed by atoms with van der Waals surface area (Å²) in [7, 11) is 0. The van der Waals surface area contributed by atoms with Crippen molar-refractivity contribution in [1.29, 1.82) is 0 Å². The Labute approximate surface area is 193 Å². The van der Waals surface area contributed by atoms with Crippen LogP contribution >= 0.6 is 39.1 Å². The van der Waals surface area contributed by atoms with Crippen LogP contribution in [0.2, 0.25) is 10.0 Å². The molecular formula is C23H18BrCl2NO3. The van der Waals surface area contributed by atoms with Gasteiger partial charge < -0.3 is 19.5 Å². The van der Waals surface area contributed by atoms with E-state index in [1.807, 2.05) is 55.5 Å². The normalized spacial score (nSPS) is 13.5. The van der Waals surface area contributed by atoms with Crippen LogP contribution in [-0.4, -0.2) is 6.61 Å². The predicted octanol–water partition coefficient (Wildman–Crippen LogP) is 7.54. The van der Waals surface area contributed by atoms with E-state index in [9.17, 15) is 0 Å². The molecule has 0 radical (unpaired) electrons. The van der Waals surface area contributed by atoms with E-state index in [-0.39, 0.29) is 6.61 Å². The number of anilines is 1. The van der Waals surface area contributed by atoms with Crippen LogP contribution in [0.15, 0.2) is 65.0 Å². The molecule has 0 aliphatic carbocycles. The topological polar surface area (TPSA) is 39.7 Å². The largest absolute Gasteiger partial charge is 0.490 e. The van der Waals surface area contributed by atoms with Crippen LogP contribution in [0.1, 0.15) is 18.1 Å². The van der Waals surface area contributed by atoms with Crippen molar-refractivity contribution in [2.75, 3.05) is 11.9 Å². The van der Waals surface area contributed by atoms with E-state index in [2.05, 4.69) is 21.2 Å². The molecule has 0 fully saturated rings. The van der Waals surface area contributed by atoms with Gasteiger partial charge in [0.05, 0.1) is 16.8 Å². The van der Waals surface area contributed by atoms with Crippen LogP contribution in [-0.2, 0) is 6.61 Å². The van der Waals surface area contributed by atoms with Crippen LogP contribution in [0.3, 0.4) is 0 Å². The summed E-state index contributed by atoms with van der Waals surface area (Å²) in [4.78, 5) is 0. The molecule has 4 nitrogen and oxygen atoms in total. The van der Waals surface area contributed by atoms with Crippen molar-refractivity contribution in [2.24, 2.45) is 0 Å². The van der Waals surface area contributed by atoms with E-state index in [1.54, 1.807) is 12.1 Å². The Balaban J connectivity index is 1.57. The molecule has 3 aromatic rings. The maximum atomic E-state index is 6.26. The van der Waals surface area contributed by atoms with Crippen molar-refractivity contribution in [3.05, 3.63) is 86.1 Å². The van der Waals surface area contributed by atoms with Gasteiger partial charge in [-0.1, -0.05) is 41.4 Å². The number of fused-ring (bicyclic) bond motifs is 1. The minimum atomic E-state index is 0.287. The first-order valence-electron chi connectivity index (χ1n) is 9.32. The Morgan fingerprint density at radius 2 is 1.90 bits per heavy atom. The third-order valence-electron chi connectivity index (χ3n) is 4.38. The zero-order valence-electron chi connectivity index (χ0n) is 16.0. The summed E-state index contributed by atoms with van der Waals surface area (Å²) >= 11 is 15.8. The molecule has 1 aliphatic rings. The zero-order chi connectivity index (χ0) is 21.1. The predicted molar refractivity (Wildman–Crippen MR) is 125 cm³/mol. The van der Waals surface area contributed by atoms with E-state index in [1.165, 1.54) is 0 Å². The molecule has 0 saturated heterocycles. The van der Waals surface area contributed by atoms with E-state index in [0.29, 0.717) is 34.0 Å². The van der Waals surface area contributed by atoms with Crippen LogP contribution in [0.4, 0.5) is 5.69 Å². The average molecular weight is 507 g/mol. The maximum absolute atomic E-state index is 6.26. The monoisotopic (exact) mass is 505 g/mol. The van der Waals surface area contributed by atoms with Crippen LogP contribution < -0.4 is 19.5 Å². The third-order valence-corrected chi connectivity index (χ3v) is 5.56. The molecule has 0 amide bonds. The van der Waals surface area contributed by atoms with E-state index < -0.39 is 0 Å². The summed E-state index contributed by atoms with van der Waals surface area (Å²) in [6, 6.07) is 17.0. The second kappa shape index (κ2) is 9.21. The number of halogens is 3. The van der Waals surface area contributed by atoms with Gasteiger partial charge in [-0.2, -0.15) is 0 Å². The molecule has 7 heteroatoms. The highest BCUT2D eigenvalue weighted by Gasteiger charge is 2.17. The molecule has 1 N–H and O–H groups in total. The Bertz CT molecular complexity index is 1090. The van der Waals surface area contributed by atoms with Gasteiger partial charge in [-0.3, -0.25) is 0 Å². The Kier molecular flexibility index (Phi) is 6.42. The number of nitrogens with one attached hydrogen (secondary N) is 1. The molecule has 0 bridgehead atoms. The van der Waals surface area contributed by atoms with Crippen molar-refractivity contribution in [1.82, 2.24) is 0 Å². The van der Waals surface area contributed by atoms with E-state index >= 15 is 0 Å². The third kappa shape index (κ3) is 4.69. The molecule has 0 spiro atoms. The van der Waals surface area contributed by atoms with Crippen molar-refractivity contribution in [3.63, 3.8) is 0 Å². The fourth-order valence-corrected chi connectivity index (χ4v) is 4.05. The standard InChI is InChI=1S/C23H18BrCl2NO3/c1-2-28-21-10-14(11-22-27-19-5-3-4-6-20(19)30-22)9-17(24)23(21)29-13-15-7-8-16(25)12-18(15)26/h3-12,27H,2,13H2,1H3. The molecule has 0 aromatic heterocycles. The lowest BCUT2D eigenvalue weighted by Gasteiger charge is -2.15. The minimum absolute atomic E-state index is 0.287. The summed E-state index contributed by atoms with van der Waals surface area (Å²) in [6.07, 6.45) is 1.91. The summed E-state index contributed by atoms with van der Waals surface area (Å²) in [5, 5.41) is 4.39. The second-order valence-electron chi connectivity index (χ2n) is 6.52. The van der Waals surface area contributed by atoms with Gasteiger partial charge in [0.15, 0.2) is 23.1 Å². The molecule has 4 rings (SSSR count). The van der Waals surface area contributed by atoms with Crippen LogP contribution in [0.5, 0.6) is 17.2 Å². The van der Waals surface area contributed by atoms with Gasteiger partial charge >= 0.3 is 0 Å². The van der Waals surface area contributed by atoms with Gasteiger partial charge in [0, 0.05) is 21.7 Å². The van der Waals surface area contributed by atoms with E-state index in [4.69, 9.17) is 37.4 Å². The van der Waals surface area contributed by atoms with Gasteiger partial charge in [0.2, 0.25) is 0 Å². The SMILES string of the molecule is CCOc1cc(C=C2Nc3ccccc3O2)cc(Br)c1OCc1ccc(Cl)cc1Cl. The number of para-hydroxylation sites is 2. The fourth-order valence-electron chi connectivity index (χ4n) is 3.02. The molecule has 3 aromatic carbocycles. The van der Waals surface area contributed by atoms with Crippen molar-refractivity contribution in [2.45, 2.75) is 13.5 Å². The second-order valence-corrected chi connectivity index (χ2v) is 8.22. The lowest BCUT2D eigenvalue weighted by atomic mass is 10.2. The minimum Gasteiger partial charge on any atom is -0.490 e. The first kappa shape index (κ1) is 20.9. The highest BCUT2D eigenvalue weighted by molar-refractivity contribution is 9.10. The molecular weight excluding hydrogens is 489 g/mol. The molecule has 0 saturated carbocycles. The highest BCUT2D eigenvalue weighted by Crippen LogP contribution is 2.39. The van der Waals surface area contributed by atoms with Gasteiger partial charge in [-0.25, -0.2) is 0 Å². The van der Waals surface area contributed by atoms with Gasteiger partial charge in [-0.15, -0.1) is 0 Å². The highest BCUT2D eigenvalue weighted by atomic mass is 79.9. The van der Waals surface area contributed by atoms with E-state index in [0.717, 1.165) is 27.0 Å². The zero-order valence-corrected chi connectivity index (χ0v) is 19.1. The lowest BCUT2D eigenvalue weighted by Crippen LogP contribution is -2.02. The van der Waals surface area contributed by atoms with Gasteiger partial charge in [-0.05, 0) is 64.8 Å². The summed E-state index contributed by atoms with van der Waals surface area (Å²) in [6.45, 7) is 2.72. The van der Waals surface area contributed by atoms with Crippen molar-refractivity contribution >= 4 is 50.9 Å². The number of benzene rings is 3. The summed E-state index contributed by atoms with van der Waals surface area (Å²) < 4.78 is 18.5. The molecule has 154 valence electrons.